The molecular weight excluding hydrogens is 288 g/mol. The van der Waals surface area contributed by atoms with Gasteiger partial charge in [-0.15, -0.1) is 0 Å². The van der Waals surface area contributed by atoms with Crippen molar-refractivity contribution >= 4 is 38.6 Å². The summed E-state index contributed by atoms with van der Waals surface area (Å²) in [6, 6.07) is 4.73. The van der Waals surface area contributed by atoms with E-state index in [1.54, 1.807) is 18.2 Å². The van der Waals surface area contributed by atoms with Gasteiger partial charge in [-0.05, 0) is 18.2 Å². The molecule has 0 saturated heterocycles. The molecule has 1 aromatic carbocycles. The third-order valence-corrected chi connectivity index (χ3v) is 3.18. The molecule has 0 heterocycles. The van der Waals surface area contributed by atoms with Crippen LogP contribution in [0.4, 0.5) is 5.69 Å². The van der Waals surface area contributed by atoms with E-state index >= 15 is 0 Å². The fourth-order valence-electron chi connectivity index (χ4n) is 1.37. The number of sulfone groups is 1. The zero-order valence-electron chi connectivity index (χ0n) is 10.5. The van der Waals surface area contributed by atoms with Crippen molar-refractivity contribution in [2.75, 3.05) is 24.4 Å². The van der Waals surface area contributed by atoms with Crippen LogP contribution in [0, 0.1) is 0 Å². The number of rotatable bonds is 5. The summed E-state index contributed by atoms with van der Waals surface area (Å²) >= 11 is 4.83. The van der Waals surface area contributed by atoms with Gasteiger partial charge < -0.3 is 15.8 Å². The summed E-state index contributed by atoms with van der Waals surface area (Å²) in [6.07, 6.45) is 0.986. The van der Waals surface area contributed by atoms with E-state index in [1.807, 2.05) is 0 Å². The number of ether oxygens (including phenoxy) is 1. The number of nitrogens with two attached hydrogens (primary N) is 1. The standard InChI is InChI=1S/C11H14N2O4S2/c1-17-9-5-7(11(12)18)3-4-8(9)13-10(14)6-19(2,15)16/h3-5H,6H2,1-2H3,(H2,12,18)(H,13,14). The van der Waals surface area contributed by atoms with Gasteiger partial charge in [0.1, 0.15) is 16.5 Å². The minimum absolute atomic E-state index is 0.201. The van der Waals surface area contributed by atoms with E-state index in [0.717, 1.165) is 6.26 Å². The molecule has 3 N–H and O–H groups in total. The summed E-state index contributed by atoms with van der Waals surface area (Å²) in [5.41, 5.74) is 6.43. The largest absolute Gasteiger partial charge is 0.495 e. The van der Waals surface area contributed by atoms with Gasteiger partial charge in [0.2, 0.25) is 5.91 Å². The first kappa shape index (κ1) is 15.4. The molecule has 0 aliphatic rings. The highest BCUT2D eigenvalue weighted by molar-refractivity contribution is 7.91. The third-order valence-electron chi connectivity index (χ3n) is 2.15. The molecule has 0 atom stereocenters. The molecule has 1 aromatic rings. The van der Waals surface area contributed by atoms with Gasteiger partial charge in [-0.25, -0.2) is 8.42 Å². The SMILES string of the molecule is COc1cc(C(N)=S)ccc1NC(=O)CS(C)(=O)=O. The van der Waals surface area contributed by atoms with Gasteiger partial charge in [0, 0.05) is 11.8 Å². The van der Waals surface area contributed by atoms with Crippen LogP contribution in [0.15, 0.2) is 18.2 Å². The molecule has 0 aromatic heterocycles. The lowest BCUT2D eigenvalue weighted by atomic mass is 10.2. The van der Waals surface area contributed by atoms with Crippen molar-refractivity contribution in [3.63, 3.8) is 0 Å². The molecule has 0 unspecified atom stereocenters. The Bertz CT molecular complexity index is 611. The summed E-state index contributed by atoms with van der Waals surface area (Å²) in [4.78, 5) is 11.7. The first-order valence-corrected chi connectivity index (χ1v) is 7.65. The number of nitrogens with one attached hydrogen (secondary N) is 1. The van der Waals surface area contributed by atoms with Gasteiger partial charge in [-0.3, -0.25) is 4.79 Å². The van der Waals surface area contributed by atoms with E-state index in [4.69, 9.17) is 22.7 Å². The third kappa shape index (κ3) is 4.84. The van der Waals surface area contributed by atoms with Crippen molar-refractivity contribution in [2.45, 2.75) is 0 Å². The zero-order chi connectivity index (χ0) is 14.6. The minimum Gasteiger partial charge on any atom is -0.495 e. The summed E-state index contributed by atoms with van der Waals surface area (Å²) in [7, 11) is -1.96. The van der Waals surface area contributed by atoms with E-state index in [-0.39, 0.29) is 4.99 Å². The Kier molecular flexibility index (Phi) is 4.84. The average Bonchev–Trinajstić information content (AvgIpc) is 2.26. The Labute approximate surface area is 116 Å². The fraction of sp³-hybridized carbons (Fsp3) is 0.273. The molecule has 104 valence electrons. The quantitative estimate of drug-likeness (QED) is 0.760. The number of carbonyl (C=O) groups is 1. The second-order valence-electron chi connectivity index (χ2n) is 3.90. The number of methoxy groups -OCH3 is 1. The van der Waals surface area contributed by atoms with Crippen molar-refractivity contribution in [1.29, 1.82) is 0 Å². The fourth-order valence-corrected chi connectivity index (χ4v) is 2.05. The summed E-state index contributed by atoms with van der Waals surface area (Å²) < 4.78 is 27.1. The van der Waals surface area contributed by atoms with Crippen LogP contribution in [0.2, 0.25) is 0 Å². The lowest BCUT2D eigenvalue weighted by molar-refractivity contribution is -0.113. The van der Waals surface area contributed by atoms with E-state index in [9.17, 15) is 13.2 Å². The molecular formula is C11H14N2O4S2. The zero-order valence-corrected chi connectivity index (χ0v) is 12.1. The highest BCUT2D eigenvalue weighted by Gasteiger charge is 2.13. The highest BCUT2D eigenvalue weighted by Crippen LogP contribution is 2.25. The maximum Gasteiger partial charge on any atom is 0.239 e. The summed E-state index contributed by atoms with van der Waals surface area (Å²) in [5, 5.41) is 2.46. The van der Waals surface area contributed by atoms with Crippen LogP contribution in [0.1, 0.15) is 5.56 Å². The van der Waals surface area contributed by atoms with Gasteiger partial charge >= 0.3 is 0 Å². The first-order chi connectivity index (χ1) is 8.73. The van der Waals surface area contributed by atoms with Crippen molar-refractivity contribution in [3.8, 4) is 5.75 Å². The van der Waals surface area contributed by atoms with Gasteiger partial charge in [0.15, 0.2) is 9.84 Å². The normalized spacial score (nSPS) is 10.8. The van der Waals surface area contributed by atoms with Crippen LogP contribution in [0.3, 0.4) is 0 Å². The topological polar surface area (TPSA) is 98.5 Å². The van der Waals surface area contributed by atoms with E-state index < -0.39 is 21.5 Å². The van der Waals surface area contributed by atoms with Crippen molar-refractivity contribution in [2.24, 2.45) is 5.73 Å². The first-order valence-electron chi connectivity index (χ1n) is 5.18. The maximum atomic E-state index is 11.5. The minimum atomic E-state index is -3.38. The van der Waals surface area contributed by atoms with Crippen LogP contribution in [-0.4, -0.2) is 38.4 Å². The predicted molar refractivity (Wildman–Crippen MR) is 77.2 cm³/mol. The molecule has 0 spiro atoms. The second-order valence-corrected chi connectivity index (χ2v) is 6.48. The van der Waals surface area contributed by atoms with Crippen LogP contribution < -0.4 is 15.8 Å². The molecule has 6 nitrogen and oxygen atoms in total. The number of benzene rings is 1. The number of hydrogen-bond acceptors (Lipinski definition) is 5. The van der Waals surface area contributed by atoms with E-state index in [0.29, 0.717) is 17.0 Å². The Morgan fingerprint density at radius 3 is 2.58 bits per heavy atom. The predicted octanol–water partition coefficient (Wildman–Crippen LogP) is 0.312. The van der Waals surface area contributed by atoms with Gasteiger partial charge in [0.25, 0.3) is 0 Å². The van der Waals surface area contributed by atoms with Crippen LogP contribution in [-0.2, 0) is 14.6 Å². The lowest BCUT2D eigenvalue weighted by Gasteiger charge is -2.11. The van der Waals surface area contributed by atoms with Gasteiger partial charge in [-0.2, -0.15) is 0 Å². The second kappa shape index (κ2) is 5.98. The Morgan fingerprint density at radius 1 is 1.47 bits per heavy atom. The monoisotopic (exact) mass is 302 g/mol. The van der Waals surface area contributed by atoms with Crippen LogP contribution in [0.25, 0.3) is 0 Å². The van der Waals surface area contributed by atoms with Crippen LogP contribution in [0.5, 0.6) is 5.75 Å². The van der Waals surface area contributed by atoms with E-state index in [1.165, 1.54) is 7.11 Å². The van der Waals surface area contributed by atoms with Crippen molar-refractivity contribution in [1.82, 2.24) is 0 Å². The van der Waals surface area contributed by atoms with Crippen molar-refractivity contribution in [3.05, 3.63) is 23.8 Å². The van der Waals surface area contributed by atoms with Gasteiger partial charge in [0.05, 0.1) is 12.8 Å². The number of carbonyl (C=O) groups excluding carboxylic acids is 1. The number of thiocarbonyl (C=S) groups is 1. The lowest BCUT2D eigenvalue weighted by Crippen LogP contribution is -2.22. The van der Waals surface area contributed by atoms with Crippen LogP contribution >= 0.6 is 12.2 Å². The molecule has 0 fully saturated rings. The molecule has 0 radical (unpaired) electrons. The Balaban J connectivity index is 2.95. The smallest absolute Gasteiger partial charge is 0.239 e. The Hall–Kier alpha value is -1.67. The number of anilines is 1. The van der Waals surface area contributed by atoms with Gasteiger partial charge in [-0.1, -0.05) is 12.2 Å². The maximum absolute atomic E-state index is 11.5. The van der Waals surface area contributed by atoms with Crippen molar-refractivity contribution < 1.29 is 17.9 Å². The molecule has 0 saturated carbocycles. The number of hydrogen-bond donors (Lipinski definition) is 2. The number of amides is 1. The molecule has 0 aliphatic carbocycles. The summed E-state index contributed by atoms with van der Waals surface area (Å²) in [5.74, 6) is -0.872. The molecule has 8 heteroatoms. The molecule has 19 heavy (non-hydrogen) atoms. The molecule has 1 amide bonds. The molecule has 0 bridgehead atoms. The summed E-state index contributed by atoms with van der Waals surface area (Å²) in [6.45, 7) is 0. The highest BCUT2D eigenvalue weighted by atomic mass is 32.2. The average molecular weight is 302 g/mol. The molecule has 0 aliphatic heterocycles. The Morgan fingerprint density at radius 2 is 2.11 bits per heavy atom. The molecule has 1 rings (SSSR count). The van der Waals surface area contributed by atoms with E-state index in [2.05, 4.69) is 5.32 Å².